The molecule has 5 nitrogen and oxygen atoms in total. The number of likely N-dealkylation sites (tertiary alicyclic amines) is 1. The van der Waals surface area contributed by atoms with Crippen LogP contribution in [0.3, 0.4) is 0 Å². The van der Waals surface area contributed by atoms with Crippen molar-refractivity contribution in [1.29, 1.82) is 0 Å². The van der Waals surface area contributed by atoms with Gasteiger partial charge in [0.15, 0.2) is 0 Å². The molecule has 0 aromatic heterocycles. The van der Waals surface area contributed by atoms with Crippen LogP contribution in [-0.4, -0.2) is 51.8 Å². The molecule has 0 aliphatic carbocycles. The zero-order chi connectivity index (χ0) is 15.2. The van der Waals surface area contributed by atoms with Crippen molar-refractivity contribution in [1.82, 2.24) is 4.90 Å². The smallest absolute Gasteiger partial charge is 0.223 e. The van der Waals surface area contributed by atoms with Crippen LogP contribution in [0.25, 0.3) is 0 Å². The molecule has 21 heavy (non-hydrogen) atoms. The van der Waals surface area contributed by atoms with E-state index < -0.39 is 0 Å². The van der Waals surface area contributed by atoms with E-state index in [1.54, 1.807) is 21.3 Å². The second kappa shape index (κ2) is 7.31. The van der Waals surface area contributed by atoms with Gasteiger partial charge in [0.2, 0.25) is 5.91 Å². The molecule has 0 saturated carbocycles. The largest absolute Gasteiger partial charge is 0.497 e. The quantitative estimate of drug-likeness (QED) is 0.768. The van der Waals surface area contributed by atoms with Crippen LogP contribution in [-0.2, 0) is 16.0 Å². The number of hydrogen-bond donors (Lipinski definition) is 0. The number of hydrogen-bond acceptors (Lipinski definition) is 4. The summed E-state index contributed by atoms with van der Waals surface area (Å²) in [5.74, 6) is 2.12. The molecular formula is C16H23NO4. The molecule has 0 radical (unpaired) electrons. The third kappa shape index (κ3) is 4.11. The van der Waals surface area contributed by atoms with Gasteiger partial charge < -0.3 is 19.1 Å². The molecule has 0 spiro atoms. The van der Waals surface area contributed by atoms with Crippen LogP contribution in [0.2, 0.25) is 0 Å². The van der Waals surface area contributed by atoms with Crippen LogP contribution in [0.1, 0.15) is 12.0 Å². The first-order chi connectivity index (χ1) is 10.2. The fourth-order valence-corrected chi connectivity index (χ4v) is 2.73. The molecule has 0 N–H and O–H groups in total. The Morgan fingerprint density at radius 1 is 1.14 bits per heavy atom. The first kappa shape index (κ1) is 15.6. The van der Waals surface area contributed by atoms with Gasteiger partial charge in [0, 0.05) is 32.7 Å². The van der Waals surface area contributed by atoms with Crippen LogP contribution in [0.5, 0.6) is 11.5 Å². The molecule has 1 heterocycles. The van der Waals surface area contributed by atoms with Crippen LogP contribution in [0, 0.1) is 5.92 Å². The Labute approximate surface area is 125 Å². The van der Waals surface area contributed by atoms with Gasteiger partial charge in [0.05, 0.1) is 20.8 Å². The Morgan fingerprint density at radius 3 is 2.38 bits per heavy atom. The van der Waals surface area contributed by atoms with Crippen LogP contribution in [0.4, 0.5) is 0 Å². The van der Waals surface area contributed by atoms with Gasteiger partial charge in [0.25, 0.3) is 0 Å². The minimum Gasteiger partial charge on any atom is -0.497 e. The Morgan fingerprint density at radius 2 is 1.81 bits per heavy atom. The van der Waals surface area contributed by atoms with Gasteiger partial charge in [-0.05, 0) is 30.0 Å². The minimum atomic E-state index is 0.215. The van der Waals surface area contributed by atoms with E-state index in [1.165, 1.54) is 0 Å². The molecule has 1 atom stereocenters. The van der Waals surface area contributed by atoms with E-state index in [4.69, 9.17) is 14.2 Å². The lowest BCUT2D eigenvalue weighted by Gasteiger charge is -2.16. The number of carbonyl (C=O) groups excluding carboxylic acids is 1. The molecule has 116 valence electrons. The Hall–Kier alpha value is -1.75. The number of benzene rings is 1. The summed E-state index contributed by atoms with van der Waals surface area (Å²) < 4.78 is 15.6. The standard InChI is InChI=1S/C16H23NO4/c1-19-5-4-17-11-13(9-16(17)18)6-12-7-14(20-2)10-15(8-12)21-3/h7-8,10,13H,4-6,9,11H2,1-3H3. The van der Waals surface area contributed by atoms with Crippen molar-refractivity contribution >= 4 is 5.91 Å². The van der Waals surface area contributed by atoms with Crippen LogP contribution in [0.15, 0.2) is 18.2 Å². The minimum absolute atomic E-state index is 0.215. The summed E-state index contributed by atoms with van der Waals surface area (Å²) in [5.41, 5.74) is 1.14. The highest BCUT2D eigenvalue weighted by Gasteiger charge is 2.29. The fourth-order valence-electron chi connectivity index (χ4n) is 2.73. The first-order valence-corrected chi connectivity index (χ1v) is 7.15. The maximum atomic E-state index is 11.9. The van der Waals surface area contributed by atoms with Gasteiger partial charge in [-0.1, -0.05) is 0 Å². The monoisotopic (exact) mass is 293 g/mol. The summed E-state index contributed by atoms with van der Waals surface area (Å²) in [7, 11) is 4.94. The van der Waals surface area contributed by atoms with E-state index in [2.05, 4.69) is 0 Å². The van der Waals surface area contributed by atoms with E-state index in [1.807, 2.05) is 23.1 Å². The normalized spacial score (nSPS) is 18.1. The van der Waals surface area contributed by atoms with Gasteiger partial charge >= 0.3 is 0 Å². The molecule has 2 rings (SSSR count). The summed E-state index contributed by atoms with van der Waals surface area (Å²) >= 11 is 0. The zero-order valence-corrected chi connectivity index (χ0v) is 12.9. The van der Waals surface area contributed by atoms with Gasteiger partial charge in [-0.2, -0.15) is 0 Å². The lowest BCUT2D eigenvalue weighted by Crippen LogP contribution is -2.28. The van der Waals surface area contributed by atoms with E-state index in [0.717, 1.165) is 30.0 Å². The number of ether oxygens (including phenoxy) is 3. The highest BCUT2D eigenvalue weighted by Crippen LogP contribution is 2.27. The Bertz CT molecular complexity index is 467. The zero-order valence-electron chi connectivity index (χ0n) is 12.9. The summed E-state index contributed by atoms with van der Waals surface area (Å²) in [6.45, 7) is 2.06. The molecule has 0 bridgehead atoms. The average molecular weight is 293 g/mol. The molecule has 1 unspecified atom stereocenters. The summed E-state index contributed by atoms with van der Waals surface area (Å²) in [6.07, 6.45) is 1.45. The number of nitrogens with zero attached hydrogens (tertiary/aromatic N) is 1. The van der Waals surface area contributed by atoms with Gasteiger partial charge in [-0.3, -0.25) is 4.79 Å². The maximum absolute atomic E-state index is 11.9. The molecule has 1 aromatic carbocycles. The van der Waals surface area contributed by atoms with Crippen molar-refractivity contribution in [2.45, 2.75) is 12.8 Å². The first-order valence-electron chi connectivity index (χ1n) is 7.15. The molecule has 1 aromatic rings. The van der Waals surface area contributed by atoms with E-state index >= 15 is 0 Å². The Kier molecular flexibility index (Phi) is 5.44. The lowest BCUT2D eigenvalue weighted by atomic mass is 9.98. The van der Waals surface area contributed by atoms with Crippen LogP contribution < -0.4 is 9.47 Å². The SMILES string of the molecule is COCCN1CC(Cc2cc(OC)cc(OC)c2)CC1=O. The molecule has 5 heteroatoms. The number of rotatable bonds is 7. The van der Waals surface area contributed by atoms with Crippen molar-refractivity contribution in [3.8, 4) is 11.5 Å². The van der Waals surface area contributed by atoms with Gasteiger partial charge in [-0.15, -0.1) is 0 Å². The van der Waals surface area contributed by atoms with Crippen molar-refractivity contribution in [2.24, 2.45) is 5.92 Å². The third-order valence-corrected chi connectivity index (χ3v) is 3.80. The molecule has 1 aliphatic heterocycles. The van der Waals surface area contributed by atoms with Gasteiger partial charge in [0.1, 0.15) is 11.5 Å². The molecule has 1 fully saturated rings. The summed E-state index contributed by atoms with van der Waals surface area (Å²) in [5, 5.41) is 0. The number of amides is 1. The predicted molar refractivity (Wildman–Crippen MR) is 79.8 cm³/mol. The van der Waals surface area contributed by atoms with Crippen LogP contribution >= 0.6 is 0 Å². The van der Waals surface area contributed by atoms with Gasteiger partial charge in [-0.25, -0.2) is 0 Å². The van der Waals surface area contributed by atoms with Crippen molar-refractivity contribution < 1.29 is 19.0 Å². The maximum Gasteiger partial charge on any atom is 0.223 e. The number of carbonyl (C=O) groups is 1. The third-order valence-electron chi connectivity index (χ3n) is 3.80. The molecule has 1 amide bonds. The number of methoxy groups -OCH3 is 3. The lowest BCUT2D eigenvalue weighted by molar-refractivity contribution is -0.128. The Balaban J connectivity index is 2.00. The average Bonchev–Trinajstić information content (AvgIpc) is 2.84. The van der Waals surface area contributed by atoms with E-state index in [9.17, 15) is 4.79 Å². The fraction of sp³-hybridized carbons (Fsp3) is 0.562. The summed E-state index contributed by atoms with van der Waals surface area (Å²) in [6, 6.07) is 5.86. The molecule has 1 aliphatic rings. The van der Waals surface area contributed by atoms with Crippen molar-refractivity contribution in [2.75, 3.05) is 41.0 Å². The van der Waals surface area contributed by atoms with Crippen molar-refractivity contribution in [3.63, 3.8) is 0 Å². The highest BCUT2D eigenvalue weighted by molar-refractivity contribution is 5.78. The van der Waals surface area contributed by atoms with E-state index in [-0.39, 0.29) is 5.91 Å². The molecule has 1 saturated heterocycles. The van der Waals surface area contributed by atoms with Crippen molar-refractivity contribution in [3.05, 3.63) is 23.8 Å². The predicted octanol–water partition coefficient (Wildman–Crippen LogP) is 1.74. The summed E-state index contributed by atoms with van der Waals surface area (Å²) in [4.78, 5) is 13.8. The van der Waals surface area contributed by atoms with E-state index in [0.29, 0.717) is 25.5 Å². The second-order valence-electron chi connectivity index (χ2n) is 5.33. The topological polar surface area (TPSA) is 48.0 Å². The second-order valence-corrected chi connectivity index (χ2v) is 5.33. The molecular weight excluding hydrogens is 270 g/mol. The highest BCUT2D eigenvalue weighted by atomic mass is 16.5.